The van der Waals surface area contributed by atoms with Crippen LogP contribution in [0.5, 0.6) is 0 Å². The molecular weight excluding hydrogens is 392 g/mol. The Morgan fingerprint density at radius 1 is 1.13 bits per heavy atom. The molecule has 1 unspecified atom stereocenters. The quantitative estimate of drug-likeness (QED) is 0.634. The smallest absolute Gasteiger partial charge is 0.345 e. The molecule has 1 saturated heterocycles. The third kappa shape index (κ3) is 3.32. The van der Waals surface area contributed by atoms with E-state index in [9.17, 15) is 9.59 Å². The third-order valence-corrected chi connectivity index (χ3v) is 6.90. The summed E-state index contributed by atoms with van der Waals surface area (Å²) in [4.78, 5) is 36.9. The van der Waals surface area contributed by atoms with Crippen LogP contribution >= 0.6 is 0 Å². The lowest BCUT2D eigenvalue weighted by atomic mass is 9.80. The maximum atomic E-state index is 12.9. The Bertz CT molecular complexity index is 1280. The molecule has 2 aliphatic heterocycles. The van der Waals surface area contributed by atoms with Gasteiger partial charge in [-0.25, -0.2) is 9.78 Å². The van der Waals surface area contributed by atoms with Crippen LogP contribution < -0.4 is 21.0 Å². The Kier molecular flexibility index (Phi) is 4.46. The second-order valence-electron chi connectivity index (χ2n) is 9.52. The number of aromatic nitrogens is 2. The van der Waals surface area contributed by atoms with Crippen molar-refractivity contribution in [3.8, 4) is 11.3 Å². The van der Waals surface area contributed by atoms with E-state index in [0.29, 0.717) is 28.7 Å². The molecule has 0 radical (unpaired) electrons. The Labute approximate surface area is 180 Å². The van der Waals surface area contributed by atoms with Crippen molar-refractivity contribution in [1.29, 1.82) is 0 Å². The van der Waals surface area contributed by atoms with Gasteiger partial charge in [0.25, 0.3) is 5.56 Å². The van der Waals surface area contributed by atoms with Crippen molar-refractivity contribution in [2.45, 2.75) is 51.5 Å². The van der Waals surface area contributed by atoms with Crippen molar-refractivity contribution in [3.63, 3.8) is 0 Å². The molecule has 1 N–H and O–H groups in total. The van der Waals surface area contributed by atoms with Gasteiger partial charge in [0.2, 0.25) is 5.95 Å². The van der Waals surface area contributed by atoms with Crippen LogP contribution in [-0.4, -0.2) is 35.6 Å². The van der Waals surface area contributed by atoms with Gasteiger partial charge in [-0.2, -0.15) is 0 Å². The number of hydrogen-bond acceptors (Lipinski definition) is 6. The predicted octanol–water partition coefficient (Wildman–Crippen LogP) is 3.87. The number of H-pyrrole nitrogens is 1. The molecule has 3 aromatic rings. The first-order chi connectivity index (χ1) is 14.7. The molecule has 0 amide bonds. The first kappa shape index (κ1) is 19.8. The van der Waals surface area contributed by atoms with Crippen molar-refractivity contribution in [1.82, 2.24) is 9.97 Å². The number of nitrogens with zero attached hydrogens (tertiary/aromatic N) is 3. The molecule has 0 bridgehead atoms. The normalized spacial score (nSPS) is 20.3. The van der Waals surface area contributed by atoms with E-state index in [1.165, 1.54) is 11.6 Å². The topological polar surface area (TPSA) is 82.4 Å². The first-order valence-electron chi connectivity index (χ1n) is 11.0. The van der Waals surface area contributed by atoms with Crippen LogP contribution in [0.25, 0.3) is 22.2 Å². The molecular formula is C24H28N4O3. The van der Waals surface area contributed by atoms with Crippen LogP contribution in [0.1, 0.15) is 51.5 Å². The van der Waals surface area contributed by atoms with Gasteiger partial charge in [0.05, 0.1) is 11.3 Å². The standard InChI is InChI=1S/C24H28N4O3/c1-14-13-24(2,3)27(4)19-12-20-15(9-16(14)19)10-17(22(30)31-20)18-11-21(29)26-23(25-18)28-7-5-6-8-28/h9-12,14H,5-8,13H2,1-4H3,(H,25,26,29). The second kappa shape index (κ2) is 6.97. The molecule has 0 aliphatic carbocycles. The molecule has 5 rings (SSSR count). The van der Waals surface area contributed by atoms with Crippen molar-refractivity contribution in [3.05, 3.63) is 50.6 Å². The zero-order chi connectivity index (χ0) is 21.9. The van der Waals surface area contributed by atoms with Gasteiger partial charge in [-0.15, -0.1) is 0 Å². The number of rotatable bonds is 2. The minimum atomic E-state index is -0.483. The Hall–Kier alpha value is -3.09. The summed E-state index contributed by atoms with van der Waals surface area (Å²) in [5.41, 5.74) is 2.83. The van der Waals surface area contributed by atoms with Crippen LogP contribution in [-0.2, 0) is 0 Å². The molecule has 2 aliphatic rings. The second-order valence-corrected chi connectivity index (χ2v) is 9.52. The molecule has 0 saturated carbocycles. The number of benzene rings is 1. The van der Waals surface area contributed by atoms with Crippen LogP contribution in [0.2, 0.25) is 0 Å². The van der Waals surface area contributed by atoms with Gasteiger partial charge >= 0.3 is 5.63 Å². The van der Waals surface area contributed by atoms with E-state index in [1.54, 1.807) is 0 Å². The van der Waals surface area contributed by atoms with E-state index >= 15 is 0 Å². The monoisotopic (exact) mass is 420 g/mol. The molecule has 2 aromatic heterocycles. The van der Waals surface area contributed by atoms with E-state index in [4.69, 9.17) is 4.42 Å². The van der Waals surface area contributed by atoms with Crippen molar-refractivity contribution >= 4 is 22.6 Å². The van der Waals surface area contributed by atoms with E-state index in [-0.39, 0.29) is 11.1 Å². The summed E-state index contributed by atoms with van der Waals surface area (Å²) in [6.45, 7) is 8.40. The van der Waals surface area contributed by atoms with Gasteiger partial charge < -0.3 is 14.2 Å². The molecule has 1 aromatic carbocycles. The molecule has 1 fully saturated rings. The summed E-state index contributed by atoms with van der Waals surface area (Å²) in [5.74, 6) is 0.905. The van der Waals surface area contributed by atoms with Crippen LogP contribution in [0.3, 0.4) is 0 Å². The van der Waals surface area contributed by atoms with Crippen LogP contribution in [0.4, 0.5) is 11.6 Å². The van der Waals surface area contributed by atoms with E-state index in [0.717, 1.165) is 43.4 Å². The van der Waals surface area contributed by atoms with E-state index in [2.05, 4.69) is 48.8 Å². The molecule has 1 atom stereocenters. The fourth-order valence-electron chi connectivity index (χ4n) is 5.02. The molecule has 4 heterocycles. The third-order valence-electron chi connectivity index (χ3n) is 6.90. The fourth-order valence-corrected chi connectivity index (χ4v) is 5.02. The molecule has 7 nitrogen and oxygen atoms in total. The Morgan fingerprint density at radius 2 is 1.87 bits per heavy atom. The van der Waals surface area contributed by atoms with Gasteiger partial charge in [0.15, 0.2) is 0 Å². The highest BCUT2D eigenvalue weighted by molar-refractivity contribution is 5.86. The number of aromatic amines is 1. The highest BCUT2D eigenvalue weighted by atomic mass is 16.4. The number of fused-ring (bicyclic) bond motifs is 2. The SMILES string of the molecule is CC1CC(C)(C)N(C)c2cc3oc(=O)c(-c4cc(=O)[nH]c(N5CCCC5)n4)cc3cc21. The first-order valence-corrected chi connectivity index (χ1v) is 11.0. The Balaban J connectivity index is 1.65. The number of hydrogen-bond donors (Lipinski definition) is 1. The summed E-state index contributed by atoms with van der Waals surface area (Å²) >= 11 is 0. The van der Waals surface area contributed by atoms with Gasteiger partial charge in [0.1, 0.15) is 5.58 Å². The minimum Gasteiger partial charge on any atom is -0.422 e. The summed E-state index contributed by atoms with van der Waals surface area (Å²) in [6, 6.07) is 7.26. The van der Waals surface area contributed by atoms with Crippen molar-refractivity contribution < 1.29 is 4.42 Å². The van der Waals surface area contributed by atoms with E-state index < -0.39 is 5.63 Å². The molecule has 162 valence electrons. The zero-order valence-corrected chi connectivity index (χ0v) is 18.5. The maximum Gasteiger partial charge on any atom is 0.345 e. The largest absolute Gasteiger partial charge is 0.422 e. The average Bonchev–Trinajstić information content (AvgIpc) is 3.25. The van der Waals surface area contributed by atoms with Gasteiger partial charge in [-0.3, -0.25) is 9.78 Å². The van der Waals surface area contributed by atoms with Gasteiger partial charge in [0, 0.05) is 48.9 Å². The summed E-state index contributed by atoms with van der Waals surface area (Å²) < 4.78 is 5.72. The van der Waals surface area contributed by atoms with E-state index in [1.807, 2.05) is 17.0 Å². The maximum absolute atomic E-state index is 12.9. The van der Waals surface area contributed by atoms with Crippen molar-refractivity contribution in [2.75, 3.05) is 29.9 Å². The highest BCUT2D eigenvalue weighted by Crippen LogP contribution is 2.44. The average molecular weight is 421 g/mol. The summed E-state index contributed by atoms with van der Waals surface area (Å²) in [7, 11) is 2.09. The summed E-state index contributed by atoms with van der Waals surface area (Å²) in [5, 5.41) is 0.845. The lowest BCUT2D eigenvalue weighted by Gasteiger charge is -2.45. The fraction of sp³-hybridized carbons (Fsp3) is 0.458. The molecule has 31 heavy (non-hydrogen) atoms. The van der Waals surface area contributed by atoms with Gasteiger partial charge in [-0.05, 0) is 56.7 Å². The Morgan fingerprint density at radius 3 is 2.61 bits per heavy atom. The predicted molar refractivity (Wildman–Crippen MR) is 123 cm³/mol. The molecule has 0 spiro atoms. The summed E-state index contributed by atoms with van der Waals surface area (Å²) in [6.07, 6.45) is 3.18. The van der Waals surface area contributed by atoms with Crippen LogP contribution in [0.15, 0.2) is 38.3 Å². The minimum absolute atomic E-state index is 0.0291. The number of anilines is 2. The number of nitrogens with one attached hydrogen (secondary N) is 1. The highest BCUT2D eigenvalue weighted by Gasteiger charge is 2.34. The molecule has 7 heteroatoms. The lowest BCUT2D eigenvalue weighted by molar-refractivity contribution is 0.395. The lowest BCUT2D eigenvalue weighted by Crippen LogP contribution is -2.45. The zero-order valence-electron chi connectivity index (χ0n) is 18.5. The van der Waals surface area contributed by atoms with Crippen molar-refractivity contribution in [2.24, 2.45) is 0 Å². The van der Waals surface area contributed by atoms with Gasteiger partial charge in [-0.1, -0.05) is 6.92 Å². The van der Waals surface area contributed by atoms with Crippen LogP contribution in [0, 0.1) is 0 Å².